The summed E-state index contributed by atoms with van der Waals surface area (Å²) in [6.07, 6.45) is 4.95. The van der Waals surface area contributed by atoms with Gasteiger partial charge in [0.05, 0.1) is 74.6 Å². The lowest BCUT2D eigenvalue weighted by molar-refractivity contribution is -0.142. The quantitative estimate of drug-likeness (QED) is 0.0361. The molecule has 572 valence electrons. The first kappa shape index (κ1) is 85.5. The Morgan fingerprint density at radius 1 is 0.406 bits per heavy atom. The highest BCUT2D eigenvalue weighted by Gasteiger charge is 2.29. The predicted molar refractivity (Wildman–Crippen MR) is 405 cm³/mol. The molecule has 0 fully saturated rings. The number of nitrogens with one attached hydrogen (secondary N) is 1. The summed E-state index contributed by atoms with van der Waals surface area (Å²) in [4.78, 5) is 39.2. The van der Waals surface area contributed by atoms with E-state index in [-0.39, 0.29) is 79.2 Å². The number of nitrogens with zero attached hydrogens (tertiary/aromatic N) is 5. The topological polar surface area (TPSA) is 297 Å². The second-order valence-electron chi connectivity index (χ2n) is 24.9. The van der Waals surface area contributed by atoms with Crippen LogP contribution in [0.1, 0.15) is 50.1 Å². The number of carboxylic acids is 1. The van der Waals surface area contributed by atoms with Crippen molar-refractivity contribution in [1.82, 2.24) is 28.0 Å². The van der Waals surface area contributed by atoms with Crippen molar-refractivity contribution in [3.05, 3.63) is 214 Å². The van der Waals surface area contributed by atoms with Crippen LogP contribution in [0.5, 0.6) is 17.2 Å². The fourth-order valence-corrected chi connectivity index (χ4v) is 15.7. The molecule has 25 nitrogen and oxygen atoms in total. The van der Waals surface area contributed by atoms with Gasteiger partial charge in [-0.3, -0.25) is 9.59 Å². The first-order chi connectivity index (χ1) is 50.4. The van der Waals surface area contributed by atoms with Crippen LogP contribution in [0.4, 0.5) is 0 Å². The number of benzene rings is 6. The van der Waals surface area contributed by atoms with Crippen LogP contribution in [0.15, 0.2) is 192 Å². The van der Waals surface area contributed by atoms with Gasteiger partial charge in [0.2, 0.25) is 41.9 Å². The van der Waals surface area contributed by atoms with Crippen LogP contribution in [0.25, 0.3) is 34.0 Å². The van der Waals surface area contributed by atoms with E-state index in [9.17, 15) is 39.6 Å². The molecule has 0 aliphatic rings. The number of furan rings is 3. The summed E-state index contributed by atoms with van der Waals surface area (Å²) in [6, 6.07) is 45.4. The van der Waals surface area contributed by atoms with Gasteiger partial charge in [-0.15, -0.1) is 0 Å². The molecule has 28 heteroatoms. The average Bonchev–Trinajstić information content (AvgIpc) is 1.19. The van der Waals surface area contributed by atoms with Gasteiger partial charge in [0.1, 0.15) is 54.3 Å². The van der Waals surface area contributed by atoms with Crippen molar-refractivity contribution in [2.75, 3.05) is 123 Å². The largest absolute Gasteiger partial charge is 0.497 e. The van der Waals surface area contributed by atoms with Crippen LogP contribution in [0.3, 0.4) is 0 Å². The highest BCUT2D eigenvalue weighted by atomic mass is 32.2. The van der Waals surface area contributed by atoms with E-state index in [1.165, 1.54) is 42.4 Å². The Balaban J connectivity index is 0.000000233. The minimum absolute atomic E-state index is 0.0102. The lowest BCUT2D eigenvalue weighted by Crippen LogP contribution is -2.33. The number of ether oxygens (including phenoxy) is 6. The molecule has 0 aliphatic heterocycles. The number of sulfonamides is 3. The van der Waals surface area contributed by atoms with E-state index in [2.05, 4.69) is 29.6 Å². The molecule has 0 saturated heterocycles. The van der Waals surface area contributed by atoms with Crippen molar-refractivity contribution in [3.63, 3.8) is 0 Å². The third-order valence-corrected chi connectivity index (χ3v) is 23.2. The number of carboxylic acid groups (broad SMARTS) is 1. The number of rotatable bonds is 33. The molecule has 3 aromatic heterocycles. The van der Waals surface area contributed by atoms with E-state index in [1.807, 2.05) is 92.0 Å². The van der Waals surface area contributed by atoms with Crippen molar-refractivity contribution in [3.8, 4) is 51.2 Å². The standard InChI is InChI=1S/2C26H32N2O6S.C14H21NO6S.C12H13NO/c2*1-19-15-23(32-5)16-20(2)26(19)35(30,31)28(4)12-14-33-18-25(29)27(3)17-21-8-10-22(11-9-21)24-7-6-13-34-24;1-10-7-12(20-4)8-11(2)14(10)22(18,19)15(3)5-6-21-9-13(16)17;1-13-9-10-4-6-11(7-5-10)12-3-2-8-14-12/h2*6-11,13,15-16H,12,14,17-18H2,1-5H3;7-8H,5-6,9H2,1-4H3,(H,16,17);2-8,13H,9H2,1H3. The molecule has 9 rings (SSSR count). The second kappa shape index (κ2) is 40.9. The lowest BCUT2D eigenvalue weighted by atomic mass is 10.1. The van der Waals surface area contributed by atoms with Gasteiger partial charge >= 0.3 is 5.97 Å². The molecule has 9 aromatic rings. The molecule has 0 bridgehead atoms. The number of carbonyl (C=O) groups is 3. The number of hydrogen-bond acceptors (Lipinski definition) is 19. The van der Waals surface area contributed by atoms with Gasteiger partial charge in [0.15, 0.2) is 0 Å². The summed E-state index contributed by atoms with van der Waals surface area (Å²) < 4.78 is 129. The van der Waals surface area contributed by atoms with Gasteiger partial charge in [-0.05, 0) is 171 Å². The van der Waals surface area contributed by atoms with E-state index in [0.29, 0.717) is 63.7 Å². The Bertz CT molecular complexity index is 4350. The van der Waals surface area contributed by atoms with Crippen molar-refractivity contribution < 1.29 is 86.4 Å². The van der Waals surface area contributed by atoms with Gasteiger partial charge in [0.25, 0.3) is 0 Å². The molecule has 0 radical (unpaired) electrons. The summed E-state index contributed by atoms with van der Waals surface area (Å²) in [5.74, 6) is 2.86. The van der Waals surface area contributed by atoms with Crippen molar-refractivity contribution in [2.45, 2.75) is 75.9 Å². The number of amides is 2. The van der Waals surface area contributed by atoms with E-state index >= 15 is 0 Å². The molecule has 0 unspecified atom stereocenters. The third-order valence-electron chi connectivity index (χ3n) is 16.7. The number of aliphatic carboxylic acids is 1. The Kier molecular flexibility index (Phi) is 33.0. The van der Waals surface area contributed by atoms with Crippen LogP contribution in [0.2, 0.25) is 0 Å². The molecule has 106 heavy (non-hydrogen) atoms. The number of aryl methyl sites for hydroxylation is 6. The van der Waals surface area contributed by atoms with E-state index < -0.39 is 42.6 Å². The number of hydrogen-bond donors (Lipinski definition) is 2. The first-order valence-electron chi connectivity index (χ1n) is 33.7. The molecular weight excluding hydrogens is 1420 g/mol. The van der Waals surface area contributed by atoms with Gasteiger partial charge in [-0.2, -0.15) is 12.9 Å². The predicted octanol–water partition coefficient (Wildman–Crippen LogP) is 11.4. The molecular formula is C78H98N6O19S3. The minimum atomic E-state index is -3.71. The average molecular weight is 1520 g/mol. The number of methoxy groups -OCH3 is 3. The molecule has 2 amide bonds. The Morgan fingerprint density at radius 2 is 0.670 bits per heavy atom. The minimum Gasteiger partial charge on any atom is -0.497 e. The van der Waals surface area contributed by atoms with Crippen molar-refractivity contribution in [2.24, 2.45) is 0 Å². The van der Waals surface area contributed by atoms with Crippen LogP contribution in [-0.4, -0.2) is 194 Å². The highest BCUT2D eigenvalue weighted by molar-refractivity contribution is 7.89. The fourth-order valence-electron chi connectivity index (χ4n) is 11.0. The summed E-state index contributed by atoms with van der Waals surface area (Å²) in [5.41, 5.74) is 9.94. The van der Waals surface area contributed by atoms with Crippen molar-refractivity contribution >= 4 is 47.9 Å². The lowest BCUT2D eigenvalue weighted by Gasteiger charge is -2.21. The van der Waals surface area contributed by atoms with E-state index in [1.54, 1.807) is 135 Å². The first-order valence-corrected chi connectivity index (χ1v) is 38.0. The summed E-state index contributed by atoms with van der Waals surface area (Å²) >= 11 is 0. The monoisotopic (exact) mass is 1520 g/mol. The van der Waals surface area contributed by atoms with Crippen LogP contribution < -0.4 is 19.5 Å². The maximum absolute atomic E-state index is 13.1. The van der Waals surface area contributed by atoms with Gasteiger partial charge < -0.3 is 61.9 Å². The smallest absolute Gasteiger partial charge is 0.329 e. The zero-order valence-electron chi connectivity index (χ0n) is 62.8. The second-order valence-corrected chi connectivity index (χ2v) is 30.8. The van der Waals surface area contributed by atoms with Crippen molar-refractivity contribution in [1.29, 1.82) is 0 Å². The number of carbonyl (C=O) groups excluding carboxylic acids is 2. The van der Waals surface area contributed by atoms with E-state index in [4.69, 9.17) is 46.8 Å². The normalized spacial score (nSPS) is 11.5. The third kappa shape index (κ3) is 24.6. The molecule has 0 spiro atoms. The molecule has 2 N–H and O–H groups in total. The SMILES string of the molecule is CNCc1ccc(-c2ccco2)cc1.COc1cc(C)c(S(=O)(=O)N(C)CCOCC(=O)N(C)Cc2ccc(-c3ccco3)cc2)c(C)c1.COc1cc(C)c(S(=O)(=O)N(C)CCOCC(=O)N(C)Cc2ccc(-c3ccco3)cc2)c(C)c1.COc1cc(C)c(S(=O)(=O)N(C)CCOCC(=O)O)c(C)c1. The zero-order chi connectivity index (χ0) is 77.9. The fraction of sp³-hybridized carbons (Fsp3) is 0.346. The van der Waals surface area contributed by atoms with Gasteiger partial charge in [-0.1, -0.05) is 72.8 Å². The zero-order valence-corrected chi connectivity index (χ0v) is 65.3. The Labute approximate surface area is 623 Å². The Hall–Kier alpha value is -9.46. The van der Waals surface area contributed by atoms with E-state index in [0.717, 1.165) is 55.9 Å². The number of likely N-dealkylation sites (N-methyl/N-ethyl adjacent to an activating group) is 5. The van der Waals surface area contributed by atoms with Gasteiger partial charge in [0, 0.05) is 91.2 Å². The summed E-state index contributed by atoms with van der Waals surface area (Å²) in [5, 5.41) is 11.6. The molecule has 0 atom stereocenters. The van der Waals surface area contributed by atoms with Crippen LogP contribution in [-0.2, 0) is 78.3 Å². The summed E-state index contributed by atoms with van der Waals surface area (Å²) in [7, 11) is 3.32. The highest BCUT2D eigenvalue weighted by Crippen LogP contribution is 2.32. The Morgan fingerprint density at radius 3 is 0.906 bits per heavy atom. The summed E-state index contributed by atoms with van der Waals surface area (Å²) in [6.45, 7) is 12.0. The maximum Gasteiger partial charge on any atom is 0.329 e. The molecule has 3 heterocycles. The van der Waals surface area contributed by atoms with Crippen LogP contribution >= 0.6 is 0 Å². The molecule has 0 aliphatic carbocycles. The molecule has 6 aromatic carbocycles. The van der Waals surface area contributed by atoms with Gasteiger partial charge in [-0.25, -0.2) is 30.0 Å². The van der Waals surface area contributed by atoms with Crippen LogP contribution in [0, 0.1) is 41.5 Å². The molecule has 0 saturated carbocycles. The maximum atomic E-state index is 13.1.